The van der Waals surface area contributed by atoms with E-state index in [1.54, 1.807) is 36.5 Å². The Balaban J connectivity index is 1.78. The molecule has 1 unspecified atom stereocenters. The normalized spacial score (nSPS) is 15.9. The molecule has 5 rings (SSSR count). The Labute approximate surface area is 199 Å². The first-order valence-corrected chi connectivity index (χ1v) is 11.0. The van der Waals surface area contributed by atoms with Crippen LogP contribution in [0, 0.1) is 23.0 Å². The number of rotatable bonds is 3. The molecule has 0 amide bonds. The van der Waals surface area contributed by atoms with Crippen LogP contribution in [0.25, 0.3) is 33.2 Å². The van der Waals surface area contributed by atoms with Gasteiger partial charge in [-0.2, -0.15) is 5.26 Å². The third-order valence-electron chi connectivity index (χ3n) is 6.27. The van der Waals surface area contributed by atoms with Crippen LogP contribution >= 0.6 is 0 Å². The molecule has 0 saturated carbocycles. The Morgan fingerprint density at radius 2 is 1.83 bits per heavy atom. The van der Waals surface area contributed by atoms with Gasteiger partial charge in [0.05, 0.1) is 29.4 Å². The number of Topliss-reactive ketones (excluding diaryl/α,β-unsaturated/α-hetero) is 1. The maximum absolute atomic E-state index is 14.1. The van der Waals surface area contributed by atoms with Gasteiger partial charge in [-0.25, -0.2) is 8.78 Å². The van der Waals surface area contributed by atoms with Crippen LogP contribution in [0.15, 0.2) is 60.8 Å². The van der Waals surface area contributed by atoms with Crippen molar-refractivity contribution in [2.75, 3.05) is 18.0 Å². The minimum Gasteiger partial charge on any atom is -0.506 e. The molecule has 4 aromatic rings. The number of piperidine rings is 1. The molecule has 2 heterocycles. The Kier molecular flexibility index (Phi) is 5.63. The van der Waals surface area contributed by atoms with Crippen LogP contribution < -0.4 is 10.6 Å². The van der Waals surface area contributed by atoms with Gasteiger partial charge in [0.15, 0.2) is 5.78 Å². The lowest BCUT2D eigenvalue weighted by molar-refractivity contribution is -0.119. The Morgan fingerprint density at radius 1 is 1.06 bits per heavy atom. The molecular formula is C27H20F2N4O2. The van der Waals surface area contributed by atoms with Crippen molar-refractivity contribution < 1.29 is 18.7 Å². The number of phenols is 1. The Bertz CT molecular complexity index is 1510. The van der Waals surface area contributed by atoms with E-state index >= 15 is 0 Å². The number of pyridine rings is 1. The minimum atomic E-state index is -0.727. The van der Waals surface area contributed by atoms with Gasteiger partial charge in [0.1, 0.15) is 23.5 Å². The number of hydrogen-bond acceptors (Lipinski definition) is 6. The van der Waals surface area contributed by atoms with Crippen LogP contribution in [0.5, 0.6) is 5.75 Å². The summed E-state index contributed by atoms with van der Waals surface area (Å²) in [6.07, 6.45) is 1.97. The fourth-order valence-corrected chi connectivity index (χ4v) is 4.51. The van der Waals surface area contributed by atoms with Crippen LogP contribution in [0.2, 0.25) is 0 Å². The number of anilines is 1. The smallest absolute Gasteiger partial charge is 0.168 e. The van der Waals surface area contributed by atoms with Gasteiger partial charge in [0.25, 0.3) is 0 Å². The van der Waals surface area contributed by atoms with Crippen LogP contribution in [0.4, 0.5) is 14.5 Å². The predicted molar refractivity (Wildman–Crippen MR) is 129 cm³/mol. The van der Waals surface area contributed by atoms with Gasteiger partial charge < -0.3 is 15.7 Å². The molecule has 174 valence electrons. The summed E-state index contributed by atoms with van der Waals surface area (Å²) in [6.45, 7) is 0.515. The zero-order chi connectivity index (χ0) is 24.7. The topological polar surface area (TPSA) is 103 Å². The van der Waals surface area contributed by atoms with Crippen LogP contribution in [-0.2, 0) is 4.79 Å². The van der Waals surface area contributed by atoms with Crippen molar-refractivity contribution in [2.45, 2.75) is 12.5 Å². The molecule has 0 aliphatic carbocycles. The number of nitrogens with two attached hydrogens (primary N) is 1. The zero-order valence-corrected chi connectivity index (χ0v) is 18.5. The lowest BCUT2D eigenvalue weighted by Gasteiger charge is -2.33. The maximum Gasteiger partial charge on any atom is 0.168 e. The number of fused-ring (bicyclic) bond motifs is 1. The van der Waals surface area contributed by atoms with Crippen molar-refractivity contribution in [2.24, 2.45) is 5.73 Å². The number of hydrogen-bond donors (Lipinski definition) is 2. The van der Waals surface area contributed by atoms with E-state index in [4.69, 9.17) is 5.73 Å². The van der Waals surface area contributed by atoms with Crippen LogP contribution in [0.3, 0.4) is 0 Å². The van der Waals surface area contributed by atoms with E-state index in [-0.39, 0.29) is 29.2 Å². The van der Waals surface area contributed by atoms with Gasteiger partial charge in [-0.05, 0) is 47.9 Å². The Morgan fingerprint density at radius 3 is 2.54 bits per heavy atom. The molecule has 0 bridgehead atoms. The molecule has 0 spiro atoms. The van der Waals surface area contributed by atoms with E-state index in [1.165, 1.54) is 18.2 Å². The number of carbonyl (C=O) groups excluding carboxylic acids is 1. The van der Waals surface area contributed by atoms with Gasteiger partial charge in [-0.1, -0.05) is 18.2 Å². The van der Waals surface area contributed by atoms with Crippen molar-refractivity contribution in [1.29, 1.82) is 5.26 Å². The Hall–Kier alpha value is -4.35. The summed E-state index contributed by atoms with van der Waals surface area (Å²) in [7, 11) is 0. The summed E-state index contributed by atoms with van der Waals surface area (Å²) in [6, 6.07) is 14.9. The number of halogens is 2. The molecule has 1 aromatic heterocycles. The predicted octanol–water partition coefficient (Wildman–Crippen LogP) is 4.53. The van der Waals surface area contributed by atoms with Crippen molar-refractivity contribution in [3.63, 3.8) is 0 Å². The largest absolute Gasteiger partial charge is 0.506 e. The van der Waals surface area contributed by atoms with Crippen LogP contribution in [-0.4, -0.2) is 35.0 Å². The first-order chi connectivity index (χ1) is 16.9. The van der Waals surface area contributed by atoms with Crippen molar-refractivity contribution in [3.05, 3.63) is 78.0 Å². The molecule has 1 saturated heterocycles. The van der Waals surface area contributed by atoms with Crippen LogP contribution in [0.1, 0.15) is 12.0 Å². The number of benzene rings is 3. The highest BCUT2D eigenvalue weighted by molar-refractivity contribution is 6.04. The summed E-state index contributed by atoms with van der Waals surface area (Å²) in [5, 5.41) is 20.5. The first-order valence-electron chi connectivity index (χ1n) is 11.0. The SMILES string of the molecule is N#Cc1cccc(-c2ccc3ncc(-c4cc(F)cc(F)c4)c(N4CCC(N)C(=O)C4)c3c2)c1O. The molecule has 1 fully saturated rings. The summed E-state index contributed by atoms with van der Waals surface area (Å²) >= 11 is 0. The van der Waals surface area contributed by atoms with E-state index in [0.717, 1.165) is 6.07 Å². The second kappa shape index (κ2) is 8.78. The number of nitrogens with zero attached hydrogens (tertiary/aromatic N) is 3. The fraction of sp³-hybridized carbons (Fsp3) is 0.148. The van der Waals surface area contributed by atoms with Gasteiger partial charge in [0, 0.05) is 35.3 Å². The monoisotopic (exact) mass is 470 g/mol. The van der Waals surface area contributed by atoms with Gasteiger partial charge in [-0.15, -0.1) is 0 Å². The number of carbonyl (C=O) groups is 1. The number of aromatic hydroxyl groups is 1. The third kappa shape index (κ3) is 4.07. The number of ketones is 1. The maximum atomic E-state index is 14.1. The summed E-state index contributed by atoms with van der Waals surface area (Å²) in [4.78, 5) is 18.9. The van der Waals surface area contributed by atoms with E-state index < -0.39 is 17.7 Å². The number of para-hydroxylation sites is 1. The lowest BCUT2D eigenvalue weighted by atomic mass is 9.95. The quantitative estimate of drug-likeness (QED) is 0.456. The van der Waals surface area contributed by atoms with Crippen molar-refractivity contribution in [3.8, 4) is 34.1 Å². The number of aromatic nitrogens is 1. The average Bonchev–Trinajstić information content (AvgIpc) is 2.84. The summed E-state index contributed by atoms with van der Waals surface area (Å²) in [5.41, 5.74) is 9.08. The molecule has 1 atom stereocenters. The minimum absolute atomic E-state index is 0.0461. The van der Waals surface area contributed by atoms with Crippen molar-refractivity contribution >= 4 is 22.4 Å². The molecular weight excluding hydrogens is 450 g/mol. The van der Waals surface area contributed by atoms with E-state index in [1.807, 2.05) is 11.0 Å². The second-order valence-electron chi connectivity index (χ2n) is 8.51. The van der Waals surface area contributed by atoms with Gasteiger partial charge >= 0.3 is 0 Å². The molecule has 3 aromatic carbocycles. The molecule has 3 N–H and O–H groups in total. The molecule has 6 nitrogen and oxygen atoms in total. The average molecular weight is 470 g/mol. The van der Waals surface area contributed by atoms with E-state index in [2.05, 4.69) is 4.98 Å². The highest BCUT2D eigenvalue weighted by Gasteiger charge is 2.28. The number of nitriles is 1. The first kappa shape index (κ1) is 22.4. The molecule has 0 radical (unpaired) electrons. The summed E-state index contributed by atoms with van der Waals surface area (Å²) in [5.74, 6) is -1.73. The standard InChI is InChI=1S/C27H20F2N4O2/c28-18-8-17(9-19(29)11-18)22-13-32-24-5-4-15(20-3-1-2-16(12-30)27(20)35)10-21(24)26(22)33-7-6-23(31)25(34)14-33/h1-5,8-11,13,23,35H,6-7,14,31H2. The lowest BCUT2D eigenvalue weighted by Crippen LogP contribution is -2.47. The van der Waals surface area contributed by atoms with Crippen molar-refractivity contribution in [1.82, 2.24) is 4.98 Å². The summed E-state index contributed by atoms with van der Waals surface area (Å²) < 4.78 is 28.2. The van der Waals surface area contributed by atoms with Gasteiger partial charge in [0.2, 0.25) is 0 Å². The third-order valence-corrected chi connectivity index (χ3v) is 6.27. The van der Waals surface area contributed by atoms with E-state index in [0.29, 0.717) is 46.2 Å². The van der Waals surface area contributed by atoms with Gasteiger partial charge in [-0.3, -0.25) is 9.78 Å². The molecule has 1 aliphatic heterocycles. The second-order valence-corrected chi connectivity index (χ2v) is 8.51. The molecule has 35 heavy (non-hydrogen) atoms. The van der Waals surface area contributed by atoms with E-state index in [9.17, 15) is 23.9 Å². The molecule has 8 heteroatoms. The highest BCUT2D eigenvalue weighted by Crippen LogP contribution is 2.41. The molecule has 1 aliphatic rings. The highest BCUT2D eigenvalue weighted by atomic mass is 19.1. The fourth-order valence-electron chi connectivity index (χ4n) is 4.51. The number of phenolic OH excluding ortho intramolecular Hbond substituents is 1. The zero-order valence-electron chi connectivity index (χ0n) is 18.5.